The Labute approximate surface area is 447 Å². The summed E-state index contributed by atoms with van der Waals surface area (Å²) >= 11 is 0. The molecule has 3 aromatic carbocycles. The molecule has 15 N–H and O–H groups in total. The Bertz CT molecular complexity index is 2770. The number of phenols is 1. The van der Waals surface area contributed by atoms with E-state index >= 15 is 0 Å². The Kier molecular flexibility index (Phi) is 23.7. The molecule has 4 aromatic rings. The normalized spacial score (nSPS) is 14.5. The van der Waals surface area contributed by atoms with E-state index in [-0.39, 0.29) is 37.9 Å². The molecule has 25 heteroatoms. The number of carbonyl (C=O) groups is 11. The lowest BCUT2D eigenvalue weighted by atomic mass is 9.96. The highest BCUT2D eigenvalue weighted by Gasteiger charge is 2.36. The second-order valence-electron chi connectivity index (χ2n) is 18.8. The summed E-state index contributed by atoms with van der Waals surface area (Å²) in [6.45, 7) is 4.51. The molecule has 7 amide bonds. The summed E-state index contributed by atoms with van der Waals surface area (Å²) in [5.74, 6) is -12.9. The number of hydrogen-bond acceptors (Lipinski definition) is 13. The summed E-state index contributed by atoms with van der Waals surface area (Å²) in [5.41, 5.74) is 8.07. The number of aromatic nitrogens is 1. The average molecular weight is 1090 g/mol. The number of benzene rings is 3. The maximum Gasteiger partial charge on any atom is 0.326 e. The summed E-state index contributed by atoms with van der Waals surface area (Å²) in [4.78, 5) is 147. The number of rotatable bonds is 32. The second-order valence-corrected chi connectivity index (χ2v) is 18.8. The Hall–Kier alpha value is -8.87. The van der Waals surface area contributed by atoms with Gasteiger partial charge in [-0.25, -0.2) is 4.79 Å². The van der Waals surface area contributed by atoms with Crippen molar-refractivity contribution in [1.82, 2.24) is 42.2 Å². The van der Waals surface area contributed by atoms with E-state index in [4.69, 9.17) is 10.8 Å². The first-order valence-electron chi connectivity index (χ1n) is 25.1. The van der Waals surface area contributed by atoms with E-state index in [9.17, 15) is 73.2 Å². The topological polar surface area (TPSA) is 415 Å². The first-order valence-corrected chi connectivity index (χ1v) is 25.1. The van der Waals surface area contributed by atoms with Crippen LogP contribution in [0.3, 0.4) is 0 Å². The molecule has 0 saturated heterocycles. The van der Waals surface area contributed by atoms with Gasteiger partial charge in [0.2, 0.25) is 41.4 Å². The number of nitrogens with one attached hydrogen (secondary N) is 8. The van der Waals surface area contributed by atoms with E-state index in [1.165, 1.54) is 31.2 Å². The largest absolute Gasteiger partial charge is 0.508 e. The number of fused-ring (bicyclic) bond motifs is 1. The van der Waals surface area contributed by atoms with E-state index in [1.807, 2.05) is 0 Å². The van der Waals surface area contributed by atoms with Crippen molar-refractivity contribution in [3.63, 3.8) is 0 Å². The summed E-state index contributed by atoms with van der Waals surface area (Å²) in [7, 11) is 0. The van der Waals surface area contributed by atoms with Crippen LogP contribution in [-0.4, -0.2) is 144 Å². The van der Waals surface area contributed by atoms with Gasteiger partial charge >= 0.3 is 23.9 Å². The molecule has 0 bridgehead atoms. The van der Waals surface area contributed by atoms with Crippen LogP contribution in [0.1, 0.15) is 82.4 Å². The molecule has 25 nitrogen and oxygen atoms in total. The molecule has 0 spiro atoms. The number of aromatic amines is 1. The van der Waals surface area contributed by atoms with Gasteiger partial charge in [-0.1, -0.05) is 80.9 Å². The highest BCUT2D eigenvalue weighted by molar-refractivity contribution is 5.98. The predicted octanol–water partition coefficient (Wildman–Crippen LogP) is 0.367. The zero-order chi connectivity index (χ0) is 57.6. The quantitative estimate of drug-likeness (QED) is 0.0314. The minimum absolute atomic E-state index is 0.113. The summed E-state index contributed by atoms with van der Waals surface area (Å²) in [6.07, 6.45) is -1.71. The van der Waals surface area contributed by atoms with Crippen molar-refractivity contribution in [3.8, 4) is 5.75 Å². The van der Waals surface area contributed by atoms with Crippen LogP contribution in [0.5, 0.6) is 5.75 Å². The SMILES string of the molecule is CC[C@H](C)[C@H](NC(=O)[C@H](CCC(=O)O)NC(=O)[C@@H](N)CCC(=O)O)C(=O)N[C@@H](Cc1ccc(O)cc1)C(=O)N[C@@H](C)C(=O)N[C@@H](CCC(=O)O)C(=O)N[C@@H](Cc1c[nH]c2ccccc12)C(=O)N[C@@H](Cc1ccccc1)C(=O)O. The average Bonchev–Trinajstić information content (AvgIpc) is 3.82. The van der Waals surface area contributed by atoms with Gasteiger partial charge in [-0.2, -0.15) is 0 Å². The van der Waals surface area contributed by atoms with Gasteiger partial charge in [-0.15, -0.1) is 0 Å². The Balaban J connectivity index is 1.57. The molecule has 9 atom stereocenters. The van der Waals surface area contributed by atoms with Gasteiger partial charge in [0, 0.05) is 55.6 Å². The third kappa shape index (κ3) is 19.7. The Morgan fingerprint density at radius 2 is 0.962 bits per heavy atom. The number of phenolic OH excluding ortho intramolecular Hbond substituents is 1. The summed E-state index contributed by atoms with van der Waals surface area (Å²) < 4.78 is 0. The molecule has 0 radical (unpaired) electrons. The highest BCUT2D eigenvalue weighted by Crippen LogP contribution is 2.20. The molecule has 0 unspecified atom stereocenters. The van der Waals surface area contributed by atoms with Crippen molar-refractivity contribution >= 4 is 76.1 Å². The van der Waals surface area contributed by atoms with E-state index < -0.39 is 152 Å². The van der Waals surface area contributed by atoms with E-state index in [0.717, 1.165) is 0 Å². The molecule has 0 aliphatic carbocycles. The van der Waals surface area contributed by atoms with Crippen molar-refractivity contribution in [2.45, 2.75) is 133 Å². The van der Waals surface area contributed by atoms with Crippen LogP contribution >= 0.6 is 0 Å². The fraction of sp³-hybridized carbons (Fsp3) is 0.415. The van der Waals surface area contributed by atoms with Gasteiger partial charge in [-0.05, 0) is 67.0 Å². The lowest BCUT2D eigenvalue weighted by molar-refractivity contribution is -0.142. The number of amides is 7. The van der Waals surface area contributed by atoms with Crippen molar-refractivity contribution < 1.29 is 78.3 Å². The van der Waals surface area contributed by atoms with E-state index in [2.05, 4.69) is 42.2 Å². The number of carboxylic acid groups (broad SMARTS) is 4. The van der Waals surface area contributed by atoms with Crippen LogP contribution in [0.2, 0.25) is 0 Å². The molecule has 420 valence electrons. The number of nitrogens with two attached hydrogens (primary N) is 1. The summed E-state index contributed by atoms with van der Waals surface area (Å²) in [6, 6.07) is 9.09. The molecule has 0 aliphatic heterocycles. The first-order chi connectivity index (χ1) is 36.9. The van der Waals surface area contributed by atoms with Crippen molar-refractivity contribution in [1.29, 1.82) is 0 Å². The molecular formula is C53H67N9O16. The predicted molar refractivity (Wildman–Crippen MR) is 279 cm³/mol. The van der Waals surface area contributed by atoms with Gasteiger partial charge in [-0.3, -0.25) is 47.9 Å². The third-order valence-electron chi connectivity index (χ3n) is 12.7. The smallest absolute Gasteiger partial charge is 0.326 e. The Morgan fingerprint density at radius 1 is 0.500 bits per heavy atom. The molecular weight excluding hydrogens is 1020 g/mol. The molecule has 4 rings (SSSR count). The van der Waals surface area contributed by atoms with E-state index in [1.54, 1.807) is 74.6 Å². The summed E-state index contributed by atoms with van der Waals surface area (Å²) in [5, 5.41) is 66.1. The van der Waals surface area contributed by atoms with Crippen LogP contribution in [0, 0.1) is 5.92 Å². The molecule has 0 fully saturated rings. The zero-order valence-corrected chi connectivity index (χ0v) is 43.2. The van der Waals surface area contributed by atoms with Gasteiger partial charge in [0.15, 0.2) is 0 Å². The molecule has 78 heavy (non-hydrogen) atoms. The maximum atomic E-state index is 14.2. The highest BCUT2D eigenvalue weighted by atomic mass is 16.4. The molecule has 0 saturated carbocycles. The van der Waals surface area contributed by atoms with Gasteiger partial charge in [0.1, 0.15) is 48.0 Å². The van der Waals surface area contributed by atoms with E-state index in [0.29, 0.717) is 27.6 Å². The van der Waals surface area contributed by atoms with Crippen LogP contribution < -0.4 is 43.0 Å². The second kappa shape index (κ2) is 30.0. The maximum absolute atomic E-state index is 14.2. The number of aliphatic carboxylic acids is 4. The van der Waals surface area contributed by atoms with Crippen LogP contribution in [0.25, 0.3) is 10.9 Å². The molecule has 0 aliphatic rings. The number of hydrogen-bond donors (Lipinski definition) is 14. The van der Waals surface area contributed by atoms with Gasteiger partial charge < -0.3 is 73.5 Å². The number of carboxylic acids is 4. The fourth-order valence-electron chi connectivity index (χ4n) is 8.06. The van der Waals surface area contributed by atoms with Crippen LogP contribution in [0.15, 0.2) is 85.1 Å². The van der Waals surface area contributed by atoms with Gasteiger partial charge in [0.05, 0.1) is 6.04 Å². The monoisotopic (exact) mass is 1090 g/mol. The standard InChI is InChI=1S/C53H67N9O16/c1-4-28(2)45(62-49(73)38(20-23-44(68)69)58-47(71)35(54)18-21-42(64)65)52(76)60-39(24-31-14-16-33(63)17-15-31)50(74)56-29(3)46(70)57-37(19-22-43(66)67)48(72)59-40(26-32-27-55-36-13-9-8-12-34(32)36)51(75)61-41(53(77)78)25-30-10-6-5-7-11-30/h5-17,27-29,35,37-41,45,55,63H,4,18-26,54H2,1-3H3,(H,56,74)(H,57,70)(H,58,71)(H,59,72)(H,60,76)(H,61,75)(H,62,73)(H,64,65)(H,66,67)(H,68,69)(H,77,78)/t28-,29-,35-,37-,38-,39-,40-,41-,45-/m0/s1. The minimum Gasteiger partial charge on any atom is -0.508 e. The third-order valence-corrected chi connectivity index (χ3v) is 12.7. The Morgan fingerprint density at radius 3 is 1.55 bits per heavy atom. The number of aromatic hydroxyl groups is 1. The molecule has 1 heterocycles. The lowest BCUT2D eigenvalue weighted by Crippen LogP contribution is -2.61. The zero-order valence-electron chi connectivity index (χ0n) is 43.2. The van der Waals surface area contributed by atoms with Crippen molar-refractivity contribution in [3.05, 3.63) is 102 Å². The van der Waals surface area contributed by atoms with Crippen molar-refractivity contribution in [2.75, 3.05) is 0 Å². The first kappa shape index (κ1) is 61.7. The van der Waals surface area contributed by atoms with Crippen molar-refractivity contribution in [2.24, 2.45) is 11.7 Å². The minimum atomic E-state index is -1.65. The van der Waals surface area contributed by atoms with Crippen LogP contribution in [0.4, 0.5) is 0 Å². The lowest BCUT2D eigenvalue weighted by Gasteiger charge is -2.29. The number of para-hydroxylation sites is 1. The van der Waals surface area contributed by atoms with Gasteiger partial charge in [0.25, 0.3) is 0 Å². The fourth-order valence-corrected chi connectivity index (χ4v) is 8.06. The van der Waals surface area contributed by atoms with Crippen LogP contribution in [-0.2, 0) is 72.0 Å². The number of carbonyl (C=O) groups excluding carboxylic acids is 7. The molecule has 1 aromatic heterocycles. The number of H-pyrrole nitrogens is 1.